The number of hydrogen-bond acceptors (Lipinski definition) is 2. The molecule has 18 heavy (non-hydrogen) atoms. The van der Waals surface area contributed by atoms with Gasteiger partial charge in [0.2, 0.25) is 0 Å². The third-order valence-electron chi connectivity index (χ3n) is 2.85. The standard InChI is InChI=1S/C14H15BrFNS/c1-2-13(14-4-3-7-18-14)17-9-10-5-6-11(15)8-12(10)16/h3-8,13,17H,2,9H2,1H3. The fourth-order valence-electron chi connectivity index (χ4n) is 1.83. The van der Waals surface area contributed by atoms with Gasteiger partial charge in [-0.1, -0.05) is 35.0 Å². The second kappa shape index (κ2) is 6.45. The molecule has 2 rings (SSSR count). The summed E-state index contributed by atoms with van der Waals surface area (Å²) in [6.45, 7) is 2.69. The van der Waals surface area contributed by atoms with Gasteiger partial charge in [0.05, 0.1) is 0 Å². The van der Waals surface area contributed by atoms with Crippen LogP contribution in [0.25, 0.3) is 0 Å². The SMILES string of the molecule is CCC(NCc1ccc(Br)cc1F)c1cccs1. The maximum Gasteiger partial charge on any atom is 0.128 e. The molecule has 1 atom stereocenters. The zero-order chi connectivity index (χ0) is 13.0. The van der Waals surface area contributed by atoms with E-state index >= 15 is 0 Å². The molecule has 1 aromatic heterocycles. The highest BCUT2D eigenvalue weighted by molar-refractivity contribution is 9.10. The van der Waals surface area contributed by atoms with Gasteiger partial charge < -0.3 is 5.32 Å². The minimum Gasteiger partial charge on any atom is -0.305 e. The predicted molar refractivity (Wildman–Crippen MR) is 78.3 cm³/mol. The summed E-state index contributed by atoms with van der Waals surface area (Å²) >= 11 is 5.00. The molecule has 1 nitrogen and oxygen atoms in total. The van der Waals surface area contributed by atoms with Crippen LogP contribution in [0.4, 0.5) is 4.39 Å². The average Bonchev–Trinajstić information content (AvgIpc) is 2.86. The first-order valence-electron chi connectivity index (χ1n) is 5.91. The maximum atomic E-state index is 13.7. The Morgan fingerprint density at radius 2 is 2.22 bits per heavy atom. The molecular weight excluding hydrogens is 313 g/mol. The Labute approximate surface area is 119 Å². The number of benzene rings is 1. The van der Waals surface area contributed by atoms with E-state index in [1.54, 1.807) is 11.3 Å². The molecule has 0 bridgehead atoms. The summed E-state index contributed by atoms with van der Waals surface area (Å²) in [5, 5.41) is 5.47. The number of thiophene rings is 1. The van der Waals surface area contributed by atoms with Crippen molar-refractivity contribution in [1.29, 1.82) is 0 Å². The van der Waals surface area contributed by atoms with Crippen molar-refractivity contribution >= 4 is 27.3 Å². The quantitative estimate of drug-likeness (QED) is 0.824. The first kappa shape index (κ1) is 13.7. The summed E-state index contributed by atoms with van der Waals surface area (Å²) < 4.78 is 14.5. The minimum atomic E-state index is -0.169. The van der Waals surface area contributed by atoms with E-state index in [0.717, 1.165) is 10.9 Å². The van der Waals surface area contributed by atoms with Gasteiger partial charge in [0.1, 0.15) is 5.82 Å². The van der Waals surface area contributed by atoms with Gasteiger partial charge >= 0.3 is 0 Å². The molecule has 0 saturated heterocycles. The summed E-state index contributed by atoms with van der Waals surface area (Å²) in [5.74, 6) is -0.169. The topological polar surface area (TPSA) is 12.0 Å². The van der Waals surface area contributed by atoms with Crippen molar-refractivity contribution in [3.8, 4) is 0 Å². The summed E-state index contributed by atoms with van der Waals surface area (Å²) in [6, 6.07) is 9.64. The molecule has 0 aliphatic carbocycles. The molecule has 2 aromatic rings. The van der Waals surface area contributed by atoms with Crippen molar-refractivity contribution in [1.82, 2.24) is 5.32 Å². The first-order chi connectivity index (χ1) is 8.70. The van der Waals surface area contributed by atoms with Gasteiger partial charge in [-0.05, 0) is 30.0 Å². The van der Waals surface area contributed by atoms with E-state index in [0.29, 0.717) is 18.2 Å². The molecule has 96 valence electrons. The molecule has 0 amide bonds. The summed E-state index contributed by atoms with van der Waals surface area (Å²) in [5.41, 5.74) is 0.702. The Bertz CT molecular complexity index is 499. The maximum absolute atomic E-state index is 13.7. The van der Waals surface area contributed by atoms with Crippen LogP contribution in [0.15, 0.2) is 40.2 Å². The van der Waals surface area contributed by atoms with Crippen LogP contribution in [-0.4, -0.2) is 0 Å². The van der Waals surface area contributed by atoms with Gasteiger partial charge in [-0.15, -0.1) is 11.3 Å². The van der Waals surface area contributed by atoms with E-state index in [4.69, 9.17) is 0 Å². The fourth-order valence-corrected chi connectivity index (χ4v) is 3.05. The van der Waals surface area contributed by atoms with E-state index in [1.165, 1.54) is 10.9 Å². The lowest BCUT2D eigenvalue weighted by Crippen LogP contribution is -2.20. The number of rotatable bonds is 5. The first-order valence-corrected chi connectivity index (χ1v) is 7.58. The number of halogens is 2. The Hall–Kier alpha value is -0.710. The van der Waals surface area contributed by atoms with Crippen molar-refractivity contribution in [3.05, 3.63) is 56.4 Å². The van der Waals surface area contributed by atoms with E-state index < -0.39 is 0 Å². The molecule has 4 heteroatoms. The highest BCUT2D eigenvalue weighted by atomic mass is 79.9. The Balaban J connectivity index is 2.02. The summed E-state index contributed by atoms with van der Waals surface area (Å²) in [7, 11) is 0. The summed E-state index contributed by atoms with van der Waals surface area (Å²) in [6.07, 6.45) is 0.999. The van der Waals surface area contributed by atoms with E-state index in [1.807, 2.05) is 18.2 Å². The van der Waals surface area contributed by atoms with Crippen molar-refractivity contribution in [2.45, 2.75) is 25.9 Å². The molecule has 0 saturated carbocycles. The zero-order valence-corrected chi connectivity index (χ0v) is 12.5. The van der Waals surface area contributed by atoms with E-state index in [-0.39, 0.29) is 5.82 Å². The lowest BCUT2D eigenvalue weighted by molar-refractivity contribution is 0.510. The van der Waals surface area contributed by atoms with Crippen LogP contribution in [0.5, 0.6) is 0 Å². The predicted octanol–water partition coefficient (Wildman–Crippen LogP) is 4.89. The molecule has 1 unspecified atom stereocenters. The van der Waals surface area contributed by atoms with Gasteiger partial charge in [0, 0.05) is 27.5 Å². The Kier molecular flexibility index (Phi) is 4.92. The molecule has 0 fully saturated rings. The molecule has 0 radical (unpaired) electrons. The molecule has 0 aliphatic rings. The van der Waals surface area contributed by atoms with Gasteiger partial charge in [-0.2, -0.15) is 0 Å². The molecule has 0 aliphatic heterocycles. The number of nitrogens with one attached hydrogen (secondary N) is 1. The van der Waals surface area contributed by atoms with Crippen molar-refractivity contribution in [3.63, 3.8) is 0 Å². The second-order valence-electron chi connectivity index (χ2n) is 4.09. The van der Waals surface area contributed by atoms with Crippen LogP contribution in [0.2, 0.25) is 0 Å². The van der Waals surface area contributed by atoms with Crippen molar-refractivity contribution in [2.75, 3.05) is 0 Å². The normalized spacial score (nSPS) is 12.6. The van der Waals surface area contributed by atoms with Gasteiger partial charge in [0.25, 0.3) is 0 Å². The monoisotopic (exact) mass is 327 g/mol. The second-order valence-corrected chi connectivity index (χ2v) is 5.99. The molecule has 1 N–H and O–H groups in total. The van der Waals surface area contributed by atoms with Crippen LogP contribution >= 0.6 is 27.3 Å². The molecule has 1 heterocycles. The van der Waals surface area contributed by atoms with Crippen LogP contribution in [0, 0.1) is 5.82 Å². The van der Waals surface area contributed by atoms with Crippen LogP contribution in [0.1, 0.15) is 29.8 Å². The van der Waals surface area contributed by atoms with E-state index in [2.05, 4.69) is 39.6 Å². The number of hydrogen-bond donors (Lipinski definition) is 1. The van der Waals surface area contributed by atoms with Gasteiger partial charge in [-0.25, -0.2) is 4.39 Å². The lowest BCUT2D eigenvalue weighted by Gasteiger charge is -2.15. The minimum absolute atomic E-state index is 0.169. The molecular formula is C14H15BrFNS. The van der Waals surface area contributed by atoms with Gasteiger partial charge in [0.15, 0.2) is 0 Å². The smallest absolute Gasteiger partial charge is 0.128 e. The fraction of sp³-hybridized carbons (Fsp3) is 0.286. The summed E-state index contributed by atoms with van der Waals surface area (Å²) in [4.78, 5) is 1.30. The van der Waals surface area contributed by atoms with Crippen molar-refractivity contribution in [2.24, 2.45) is 0 Å². The lowest BCUT2D eigenvalue weighted by atomic mass is 10.1. The Morgan fingerprint density at radius 1 is 1.39 bits per heavy atom. The van der Waals surface area contributed by atoms with Crippen LogP contribution in [-0.2, 0) is 6.54 Å². The van der Waals surface area contributed by atoms with Gasteiger partial charge in [-0.3, -0.25) is 0 Å². The van der Waals surface area contributed by atoms with Crippen molar-refractivity contribution < 1.29 is 4.39 Å². The average molecular weight is 328 g/mol. The highest BCUT2D eigenvalue weighted by Gasteiger charge is 2.10. The molecule has 1 aromatic carbocycles. The highest BCUT2D eigenvalue weighted by Crippen LogP contribution is 2.23. The third kappa shape index (κ3) is 3.40. The van der Waals surface area contributed by atoms with E-state index in [9.17, 15) is 4.39 Å². The zero-order valence-electron chi connectivity index (χ0n) is 10.1. The largest absolute Gasteiger partial charge is 0.305 e. The van der Waals surface area contributed by atoms with Crippen LogP contribution in [0.3, 0.4) is 0 Å². The molecule has 0 spiro atoms. The third-order valence-corrected chi connectivity index (χ3v) is 4.33. The van der Waals surface area contributed by atoms with Crippen LogP contribution < -0.4 is 5.32 Å². The Morgan fingerprint density at radius 3 is 2.83 bits per heavy atom.